The van der Waals surface area contributed by atoms with Gasteiger partial charge in [-0.05, 0) is 25.3 Å². The van der Waals surface area contributed by atoms with Gasteiger partial charge < -0.3 is 10.5 Å². The Bertz CT molecular complexity index is 422. The minimum Gasteiger partial charge on any atom is -0.375 e. The van der Waals surface area contributed by atoms with Crippen molar-refractivity contribution in [3.05, 3.63) is 35.9 Å². The van der Waals surface area contributed by atoms with E-state index < -0.39 is 0 Å². The second-order valence-corrected chi connectivity index (χ2v) is 6.19. The first-order valence-electron chi connectivity index (χ1n) is 7.34. The number of nitrogens with zero attached hydrogens (tertiary/aromatic N) is 1. The van der Waals surface area contributed by atoms with Gasteiger partial charge in [0, 0.05) is 31.6 Å². The summed E-state index contributed by atoms with van der Waals surface area (Å²) in [5.74, 6) is 0. The number of hydrogen-bond donors (Lipinski definition) is 1. The van der Waals surface area contributed by atoms with Crippen LogP contribution in [-0.2, 0) is 11.3 Å². The molecule has 1 aromatic carbocycles. The highest BCUT2D eigenvalue weighted by atomic mass is 16.5. The predicted octanol–water partition coefficient (Wildman–Crippen LogP) is 2.01. The highest BCUT2D eigenvalue weighted by molar-refractivity contribution is 5.15. The first-order chi connectivity index (χ1) is 9.22. The van der Waals surface area contributed by atoms with Gasteiger partial charge >= 0.3 is 0 Å². The van der Waals surface area contributed by atoms with Crippen molar-refractivity contribution in [2.75, 3.05) is 19.6 Å². The fourth-order valence-electron chi connectivity index (χ4n) is 3.80. The number of fused-ring (bicyclic) bond motifs is 1. The van der Waals surface area contributed by atoms with E-state index in [0.29, 0.717) is 12.2 Å². The van der Waals surface area contributed by atoms with Crippen LogP contribution >= 0.6 is 0 Å². The minimum atomic E-state index is 0.187. The van der Waals surface area contributed by atoms with Crippen LogP contribution in [0, 0.1) is 5.41 Å². The number of ether oxygens (including phenoxy) is 1. The van der Waals surface area contributed by atoms with Crippen molar-refractivity contribution in [1.29, 1.82) is 0 Å². The Hall–Kier alpha value is -0.900. The van der Waals surface area contributed by atoms with Crippen molar-refractivity contribution in [1.82, 2.24) is 4.90 Å². The largest absolute Gasteiger partial charge is 0.375 e. The molecule has 0 amide bonds. The molecule has 0 saturated carbocycles. The van der Waals surface area contributed by atoms with Crippen molar-refractivity contribution < 1.29 is 4.74 Å². The van der Waals surface area contributed by atoms with Crippen LogP contribution in [0.2, 0.25) is 0 Å². The molecule has 19 heavy (non-hydrogen) atoms. The van der Waals surface area contributed by atoms with Crippen molar-refractivity contribution in [3.8, 4) is 0 Å². The molecule has 2 heterocycles. The third-order valence-electron chi connectivity index (χ3n) is 4.68. The molecule has 0 aromatic heterocycles. The summed E-state index contributed by atoms with van der Waals surface area (Å²) in [6.07, 6.45) is 2.97. The van der Waals surface area contributed by atoms with Crippen LogP contribution in [0.25, 0.3) is 0 Å². The number of likely N-dealkylation sites (tertiary alicyclic amines) is 1. The molecule has 1 aromatic rings. The Labute approximate surface area is 115 Å². The number of hydrogen-bond acceptors (Lipinski definition) is 3. The lowest BCUT2D eigenvalue weighted by molar-refractivity contribution is -0.0310. The lowest BCUT2D eigenvalue weighted by Gasteiger charge is -2.43. The van der Waals surface area contributed by atoms with Gasteiger partial charge in [0.1, 0.15) is 0 Å². The summed E-state index contributed by atoms with van der Waals surface area (Å²) in [5, 5.41) is 0. The monoisotopic (exact) mass is 260 g/mol. The van der Waals surface area contributed by atoms with Gasteiger partial charge in [-0.15, -0.1) is 0 Å². The zero-order valence-electron chi connectivity index (χ0n) is 11.7. The summed E-state index contributed by atoms with van der Waals surface area (Å²) in [6, 6.07) is 10.7. The molecule has 3 nitrogen and oxygen atoms in total. The van der Waals surface area contributed by atoms with E-state index in [1.54, 1.807) is 0 Å². The normalized spacial score (nSPS) is 35.3. The molecule has 0 bridgehead atoms. The summed E-state index contributed by atoms with van der Waals surface area (Å²) in [7, 11) is 0. The van der Waals surface area contributed by atoms with Crippen LogP contribution in [0.3, 0.4) is 0 Å². The lowest BCUT2D eigenvalue weighted by atomic mass is 9.75. The molecule has 0 radical (unpaired) electrons. The lowest BCUT2D eigenvalue weighted by Crippen LogP contribution is -2.52. The minimum absolute atomic E-state index is 0.187. The Morgan fingerprint density at radius 2 is 2.16 bits per heavy atom. The van der Waals surface area contributed by atoms with E-state index in [1.807, 2.05) is 0 Å². The van der Waals surface area contributed by atoms with Crippen molar-refractivity contribution >= 4 is 0 Å². The third-order valence-corrected chi connectivity index (χ3v) is 4.68. The highest BCUT2D eigenvalue weighted by Crippen LogP contribution is 2.43. The summed E-state index contributed by atoms with van der Waals surface area (Å²) in [5.41, 5.74) is 7.67. The molecule has 3 atom stereocenters. The fraction of sp³-hybridized carbons (Fsp3) is 0.625. The van der Waals surface area contributed by atoms with Crippen LogP contribution in [-0.4, -0.2) is 36.7 Å². The van der Waals surface area contributed by atoms with Gasteiger partial charge in [0.2, 0.25) is 0 Å². The molecule has 2 fully saturated rings. The van der Waals surface area contributed by atoms with E-state index in [9.17, 15) is 0 Å². The molecule has 0 aliphatic carbocycles. The quantitative estimate of drug-likeness (QED) is 0.903. The Morgan fingerprint density at radius 3 is 2.89 bits per heavy atom. The van der Waals surface area contributed by atoms with E-state index in [2.05, 4.69) is 42.2 Å². The van der Waals surface area contributed by atoms with Gasteiger partial charge in [-0.25, -0.2) is 0 Å². The van der Waals surface area contributed by atoms with Gasteiger partial charge in [0.05, 0.1) is 12.2 Å². The molecule has 3 rings (SSSR count). The zero-order chi connectivity index (χ0) is 13.3. The van der Waals surface area contributed by atoms with Gasteiger partial charge in [-0.1, -0.05) is 30.3 Å². The first kappa shape index (κ1) is 13.1. The molecule has 0 spiro atoms. The van der Waals surface area contributed by atoms with Crippen LogP contribution in [0.15, 0.2) is 30.3 Å². The summed E-state index contributed by atoms with van der Waals surface area (Å²) >= 11 is 0. The van der Waals surface area contributed by atoms with Crippen molar-refractivity contribution in [2.45, 2.75) is 38.5 Å². The predicted molar refractivity (Wildman–Crippen MR) is 76.8 cm³/mol. The van der Waals surface area contributed by atoms with Gasteiger partial charge in [-0.3, -0.25) is 4.90 Å². The van der Waals surface area contributed by atoms with Crippen LogP contribution in [0.5, 0.6) is 0 Å². The average Bonchev–Trinajstić information content (AvgIpc) is 2.76. The van der Waals surface area contributed by atoms with Crippen LogP contribution < -0.4 is 5.73 Å². The number of rotatable bonds is 3. The van der Waals surface area contributed by atoms with E-state index in [-0.39, 0.29) is 5.41 Å². The molecule has 2 aliphatic heterocycles. The van der Waals surface area contributed by atoms with E-state index >= 15 is 0 Å². The first-order valence-corrected chi connectivity index (χ1v) is 7.34. The molecule has 104 valence electrons. The average molecular weight is 260 g/mol. The van der Waals surface area contributed by atoms with E-state index in [4.69, 9.17) is 10.5 Å². The smallest absolute Gasteiger partial charge is 0.0672 e. The highest BCUT2D eigenvalue weighted by Gasteiger charge is 2.49. The molecular weight excluding hydrogens is 236 g/mol. The van der Waals surface area contributed by atoms with Crippen LogP contribution in [0.1, 0.15) is 25.3 Å². The molecule has 2 aliphatic rings. The maximum Gasteiger partial charge on any atom is 0.0672 e. The van der Waals surface area contributed by atoms with Crippen molar-refractivity contribution in [3.63, 3.8) is 0 Å². The zero-order valence-corrected chi connectivity index (χ0v) is 11.7. The Kier molecular flexibility index (Phi) is 3.61. The standard InChI is InChI=1S/C16H24N2O/c1-13-9-16(11-17)12-18(8-7-15(16)19-13)10-14-5-3-2-4-6-14/h2-6,13,15H,7-12,17H2,1H3. The van der Waals surface area contributed by atoms with Crippen LogP contribution in [0.4, 0.5) is 0 Å². The summed E-state index contributed by atoms with van der Waals surface area (Å²) < 4.78 is 6.05. The maximum atomic E-state index is 6.09. The number of nitrogens with two attached hydrogens (primary N) is 1. The SMILES string of the molecule is CC1CC2(CN)CN(Cc3ccccc3)CCC2O1. The van der Waals surface area contributed by atoms with Gasteiger partial charge in [-0.2, -0.15) is 0 Å². The molecular formula is C16H24N2O. The third kappa shape index (κ3) is 2.55. The van der Waals surface area contributed by atoms with E-state index in [0.717, 1.165) is 39.0 Å². The number of benzene rings is 1. The molecule has 3 unspecified atom stereocenters. The van der Waals surface area contributed by atoms with Gasteiger partial charge in [0.25, 0.3) is 0 Å². The van der Waals surface area contributed by atoms with Crippen molar-refractivity contribution in [2.24, 2.45) is 11.1 Å². The second-order valence-electron chi connectivity index (χ2n) is 6.19. The topological polar surface area (TPSA) is 38.5 Å². The van der Waals surface area contributed by atoms with Gasteiger partial charge in [0.15, 0.2) is 0 Å². The Balaban J connectivity index is 1.70. The molecule has 2 saturated heterocycles. The Morgan fingerprint density at radius 1 is 1.37 bits per heavy atom. The fourth-order valence-corrected chi connectivity index (χ4v) is 3.80. The summed E-state index contributed by atoms with van der Waals surface area (Å²) in [4.78, 5) is 2.54. The maximum absolute atomic E-state index is 6.09. The van der Waals surface area contributed by atoms with E-state index in [1.165, 1.54) is 5.56 Å². The number of piperidine rings is 1. The summed E-state index contributed by atoms with van der Waals surface area (Å²) in [6.45, 7) is 6.15. The second kappa shape index (κ2) is 5.23. The molecule has 2 N–H and O–H groups in total. The molecule has 3 heteroatoms.